The molecule has 4 heteroatoms. The van der Waals surface area contributed by atoms with Crippen LogP contribution in [0.25, 0.3) is 0 Å². The van der Waals surface area contributed by atoms with Crippen molar-refractivity contribution in [1.82, 2.24) is 0 Å². The Bertz CT molecular complexity index is 153. The predicted octanol–water partition coefficient (Wildman–Crippen LogP) is 5.06. The van der Waals surface area contributed by atoms with Crippen LogP contribution < -0.4 is 0 Å². The highest BCUT2D eigenvalue weighted by atomic mass is 33.1. The summed E-state index contributed by atoms with van der Waals surface area (Å²) < 4.78 is 0. The van der Waals surface area contributed by atoms with Gasteiger partial charge in [0.15, 0.2) is 0 Å². The van der Waals surface area contributed by atoms with Crippen LogP contribution in [0.4, 0.5) is 0 Å². The molecular weight excluding hydrogens is 272 g/mol. The van der Waals surface area contributed by atoms with E-state index >= 15 is 0 Å². The van der Waals surface area contributed by atoms with Crippen molar-refractivity contribution in [3.05, 3.63) is 0 Å². The maximum Gasteiger partial charge on any atom is 0.0182 e. The zero-order valence-corrected chi connectivity index (χ0v) is 14.3. The van der Waals surface area contributed by atoms with Gasteiger partial charge < -0.3 is 0 Å². The smallest absolute Gasteiger partial charge is 0.0182 e. The minimum Gasteiger partial charge on any atom is -0.179 e. The second kappa shape index (κ2) is 10.3. The molecule has 1 rings (SSSR count). The Morgan fingerprint density at radius 1 is 1.25 bits per heavy atom. The van der Waals surface area contributed by atoms with Gasteiger partial charge in [0.1, 0.15) is 0 Å². The third kappa shape index (κ3) is 8.48. The van der Waals surface area contributed by atoms with Crippen molar-refractivity contribution in [2.45, 2.75) is 51.0 Å². The minimum atomic E-state index is 0.535. The average molecular weight is 299 g/mol. The van der Waals surface area contributed by atoms with Crippen molar-refractivity contribution in [3.8, 4) is 0 Å². The van der Waals surface area contributed by atoms with Crippen LogP contribution >= 0.6 is 46.8 Å². The first-order chi connectivity index (χ1) is 7.49. The normalized spacial score (nSPS) is 22.1. The van der Waals surface area contributed by atoms with E-state index in [-0.39, 0.29) is 0 Å². The molecule has 0 aromatic rings. The lowest BCUT2D eigenvalue weighted by atomic mass is 10.1. The molecule has 1 heterocycles. The van der Waals surface area contributed by atoms with Gasteiger partial charge in [-0.2, -0.15) is 25.3 Å². The SMILES string of the molecule is CC(C)C(S)CCS.CC(C)C1CCSS1. The molecule has 0 aromatic heterocycles. The Morgan fingerprint density at radius 2 is 1.88 bits per heavy atom. The zero-order chi connectivity index (χ0) is 12.6. The van der Waals surface area contributed by atoms with Crippen LogP contribution in [0.2, 0.25) is 0 Å². The highest BCUT2D eigenvalue weighted by Gasteiger charge is 2.18. The van der Waals surface area contributed by atoms with Crippen LogP contribution in [0.3, 0.4) is 0 Å². The van der Waals surface area contributed by atoms with Gasteiger partial charge in [-0.1, -0.05) is 49.3 Å². The topological polar surface area (TPSA) is 0 Å². The first-order valence-electron chi connectivity index (χ1n) is 6.06. The summed E-state index contributed by atoms with van der Waals surface area (Å²) in [5.74, 6) is 3.89. The average Bonchev–Trinajstić information content (AvgIpc) is 2.71. The minimum absolute atomic E-state index is 0.535. The van der Waals surface area contributed by atoms with Crippen molar-refractivity contribution in [2.24, 2.45) is 11.8 Å². The third-order valence-electron chi connectivity index (χ3n) is 2.62. The summed E-state index contributed by atoms with van der Waals surface area (Å²) in [4.78, 5) is 0. The molecule has 1 aliphatic rings. The molecule has 0 bridgehead atoms. The van der Waals surface area contributed by atoms with Crippen molar-refractivity contribution >= 4 is 46.8 Å². The van der Waals surface area contributed by atoms with Gasteiger partial charge in [-0.05, 0) is 30.4 Å². The molecular formula is C12H26S4. The highest BCUT2D eigenvalue weighted by Crippen LogP contribution is 2.40. The first kappa shape index (κ1) is 17.4. The van der Waals surface area contributed by atoms with Crippen LogP contribution in [0.1, 0.15) is 40.5 Å². The Kier molecular flexibility index (Phi) is 11.2. The summed E-state index contributed by atoms with van der Waals surface area (Å²) >= 11 is 8.46. The van der Waals surface area contributed by atoms with Gasteiger partial charge >= 0.3 is 0 Å². The molecule has 0 radical (unpaired) electrons. The maximum atomic E-state index is 4.36. The summed E-state index contributed by atoms with van der Waals surface area (Å²) in [5.41, 5.74) is 0. The fourth-order valence-electron chi connectivity index (χ4n) is 1.26. The second-order valence-electron chi connectivity index (χ2n) is 4.81. The zero-order valence-electron chi connectivity index (χ0n) is 10.8. The molecule has 16 heavy (non-hydrogen) atoms. The van der Waals surface area contributed by atoms with Gasteiger partial charge in [-0.3, -0.25) is 0 Å². The molecule has 98 valence electrons. The van der Waals surface area contributed by atoms with Crippen LogP contribution in [0.15, 0.2) is 0 Å². The number of hydrogen-bond acceptors (Lipinski definition) is 4. The van der Waals surface area contributed by atoms with E-state index in [2.05, 4.69) is 63.7 Å². The molecule has 0 aliphatic carbocycles. The molecule has 0 nitrogen and oxygen atoms in total. The number of hydrogen-bond donors (Lipinski definition) is 2. The lowest BCUT2D eigenvalue weighted by Crippen LogP contribution is -2.07. The summed E-state index contributed by atoms with van der Waals surface area (Å²) in [5, 5.41) is 1.48. The lowest BCUT2D eigenvalue weighted by molar-refractivity contribution is 0.600. The van der Waals surface area contributed by atoms with Crippen LogP contribution in [0.5, 0.6) is 0 Å². The quantitative estimate of drug-likeness (QED) is 0.550. The van der Waals surface area contributed by atoms with Crippen molar-refractivity contribution < 1.29 is 0 Å². The summed E-state index contributed by atoms with van der Waals surface area (Å²) in [6, 6.07) is 0. The molecule has 0 saturated carbocycles. The van der Waals surface area contributed by atoms with E-state index in [1.165, 1.54) is 12.2 Å². The Hall–Kier alpha value is 1.40. The Morgan fingerprint density at radius 3 is 2.06 bits per heavy atom. The highest BCUT2D eigenvalue weighted by molar-refractivity contribution is 8.77. The standard InChI is InChI=1S/C6H12S2.C6H14S2/c1-5(2)6-3-4-7-8-6;1-5(2)6(8)3-4-7/h5-6H,3-4H2,1-2H3;5-8H,3-4H2,1-2H3. The van der Waals surface area contributed by atoms with Crippen LogP contribution in [-0.4, -0.2) is 22.0 Å². The molecule has 2 atom stereocenters. The van der Waals surface area contributed by atoms with Gasteiger partial charge in [-0.15, -0.1) is 0 Å². The summed E-state index contributed by atoms with van der Waals surface area (Å²) in [6.45, 7) is 8.98. The first-order valence-corrected chi connectivity index (χ1v) is 9.59. The lowest BCUT2D eigenvalue weighted by Gasteiger charge is -2.11. The van der Waals surface area contributed by atoms with Gasteiger partial charge in [0, 0.05) is 16.3 Å². The monoisotopic (exact) mass is 298 g/mol. The van der Waals surface area contributed by atoms with Crippen LogP contribution in [-0.2, 0) is 0 Å². The van der Waals surface area contributed by atoms with E-state index in [1.54, 1.807) is 0 Å². The maximum absolute atomic E-state index is 4.36. The van der Waals surface area contributed by atoms with Crippen molar-refractivity contribution in [1.29, 1.82) is 0 Å². The number of rotatable bonds is 4. The van der Waals surface area contributed by atoms with Gasteiger partial charge in [0.05, 0.1) is 0 Å². The number of thiol groups is 2. The van der Waals surface area contributed by atoms with E-state index in [1.807, 2.05) is 10.8 Å². The van der Waals surface area contributed by atoms with Gasteiger partial charge in [0.2, 0.25) is 0 Å². The molecule has 0 amide bonds. The van der Waals surface area contributed by atoms with Crippen LogP contribution in [0, 0.1) is 11.8 Å². The molecule has 0 aromatic carbocycles. The van der Waals surface area contributed by atoms with Gasteiger partial charge in [-0.25, -0.2) is 0 Å². The third-order valence-corrected chi connectivity index (χ3v) is 6.94. The Labute approximate surface area is 121 Å². The van der Waals surface area contributed by atoms with Crippen molar-refractivity contribution in [2.75, 3.05) is 11.5 Å². The fraction of sp³-hybridized carbons (Fsp3) is 1.00. The van der Waals surface area contributed by atoms with E-state index < -0.39 is 0 Å². The molecule has 0 N–H and O–H groups in total. The van der Waals surface area contributed by atoms with E-state index in [4.69, 9.17) is 0 Å². The Balaban J connectivity index is 0.000000281. The predicted molar refractivity (Wildman–Crippen MR) is 89.4 cm³/mol. The molecule has 0 spiro atoms. The van der Waals surface area contributed by atoms with E-state index in [0.29, 0.717) is 11.2 Å². The largest absolute Gasteiger partial charge is 0.179 e. The molecule has 2 unspecified atom stereocenters. The molecule has 1 aliphatic heterocycles. The fourth-order valence-corrected chi connectivity index (χ4v) is 5.13. The van der Waals surface area contributed by atoms with Crippen molar-refractivity contribution in [3.63, 3.8) is 0 Å². The van der Waals surface area contributed by atoms with E-state index in [0.717, 1.165) is 23.3 Å². The van der Waals surface area contributed by atoms with E-state index in [9.17, 15) is 0 Å². The van der Waals surface area contributed by atoms with Gasteiger partial charge in [0.25, 0.3) is 0 Å². The second-order valence-corrected chi connectivity index (χ2v) is 8.65. The summed E-state index contributed by atoms with van der Waals surface area (Å²) in [6.07, 6.45) is 2.54. The molecule has 1 fully saturated rings. The summed E-state index contributed by atoms with van der Waals surface area (Å²) in [7, 11) is 4.09. The molecule has 1 saturated heterocycles.